The van der Waals surface area contributed by atoms with Gasteiger partial charge in [-0.05, 0) is 23.8 Å². The van der Waals surface area contributed by atoms with Crippen molar-refractivity contribution < 1.29 is 14.0 Å². The molecule has 2 aromatic rings. The third-order valence-electron chi connectivity index (χ3n) is 3.66. The first-order valence-corrected chi connectivity index (χ1v) is 6.83. The predicted octanol–water partition coefficient (Wildman–Crippen LogP) is 2.99. The highest BCUT2D eigenvalue weighted by molar-refractivity contribution is 6.09. The minimum absolute atomic E-state index is 0.00476. The van der Waals surface area contributed by atoms with E-state index in [9.17, 15) is 14.0 Å². The average molecular weight is 283 g/mol. The van der Waals surface area contributed by atoms with E-state index in [1.165, 1.54) is 6.07 Å². The number of nitrogens with zero attached hydrogens (tertiary/aromatic N) is 1. The summed E-state index contributed by atoms with van der Waals surface area (Å²) >= 11 is 0. The molecule has 1 aliphatic rings. The van der Waals surface area contributed by atoms with Gasteiger partial charge in [-0.3, -0.25) is 9.59 Å². The van der Waals surface area contributed by atoms with E-state index in [1.54, 1.807) is 47.4 Å². The highest BCUT2D eigenvalue weighted by Gasteiger charge is 2.27. The number of para-hydroxylation sites is 1. The number of halogens is 1. The topological polar surface area (TPSA) is 37.4 Å². The van der Waals surface area contributed by atoms with Crippen LogP contribution in [-0.2, 0) is 11.2 Å². The number of hydrogen-bond donors (Lipinski definition) is 0. The molecule has 3 rings (SSSR count). The predicted molar refractivity (Wildman–Crippen MR) is 77.8 cm³/mol. The molecule has 0 aliphatic carbocycles. The van der Waals surface area contributed by atoms with Crippen molar-refractivity contribution in [3.63, 3.8) is 0 Å². The summed E-state index contributed by atoms with van der Waals surface area (Å²) in [5.41, 5.74) is 1.55. The molecule has 0 aromatic heterocycles. The summed E-state index contributed by atoms with van der Waals surface area (Å²) in [5, 5.41) is 0. The van der Waals surface area contributed by atoms with Gasteiger partial charge in [0.15, 0.2) is 5.78 Å². The molecule has 0 atom stereocenters. The van der Waals surface area contributed by atoms with Crippen LogP contribution in [0.2, 0.25) is 0 Å². The molecule has 0 radical (unpaired) electrons. The maximum Gasteiger partial charge on any atom is 0.231 e. The summed E-state index contributed by atoms with van der Waals surface area (Å²) in [7, 11) is 0. The van der Waals surface area contributed by atoms with Crippen LogP contribution < -0.4 is 4.90 Å². The van der Waals surface area contributed by atoms with Crippen LogP contribution in [0.1, 0.15) is 22.3 Å². The SMILES string of the molecule is O=C1CCN(C(=O)Cc2ccccc2F)c2ccccc21. The number of carbonyl (C=O) groups is 2. The lowest BCUT2D eigenvalue weighted by Gasteiger charge is -2.28. The molecule has 106 valence electrons. The minimum atomic E-state index is -0.382. The molecule has 0 N–H and O–H groups in total. The Balaban J connectivity index is 1.88. The second-order valence-electron chi connectivity index (χ2n) is 5.00. The van der Waals surface area contributed by atoms with Crippen LogP contribution in [0.5, 0.6) is 0 Å². The number of rotatable bonds is 2. The van der Waals surface area contributed by atoms with Gasteiger partial charge in [0, 0.05) is 18.5 Å². The molecule has 1 aliphatic heterocycles. The normalized spacial score (nSPS) is 14.0. The fraction of sp³-hybridized carbons (Fsp3) is 0.176. The largest absolute Gasteiger partial charge is 0.311 e. The van der Waals surface area contributed by atoms with Gasteiger partial charge >= 0.3 is 0 Å². The van der Waals surface area contributed by atoms with Crippen LogP contribution >= 0.6 is 0 Å². The number of benzene rings is 2. The Hall–Kier alpha value is -2.49. The first-order valence-electron chi connectivity index (χ1n) is 6.83. The van der Waals surface area contributed by atoms with E-state index in [0.717, 1.165) is 0 Å². The second kappa shape index (κ2) is 5.48. The molecular weight excluding hydrogens is 269 g/mol. The Morgan fingerprint density at radius 1 is 1.10 bits per heavy atom. The molecule has 0 unspecified atom stereocenters. The lowest BCUT2D eigenvalue weighted by Crippen LogP contribution is -2.38. The van der Waals surface area contributed by atoms with Crippen molar-refractivity contribution in [2.24, 2.45) is 0 Å². The van der Waals surface area contributed by atoms with E-state index in [-0.39, 0.29) is 23.9 Å². The van der Waals surface area contributed by atoms with Gasteiger partial charge in [-0.25, -0.2) is 4.39 Å². The standard InChI is InChI=1S/C17H14FNO2/c18-14-7-3-1-5-12(14)11-17(21)19-10-9-16(20)13-6-2-4-8-15(13)19/h1-8H,9-11H2. The van der Waals surface area contributed by atoms with Crippen LogP contribution in [0.4, 0.5) is 10.1 Å². The van der Waals surface area contributed by atoms with Crippen molar-refractivity contribution in [1.82, 2.24) is 0 Å². The van der Waals surface area contributed by atoms with Gasteiger partial charge in [0.2, 0.25) is 5.91 Å². The Kier molecular flexibility index (Phi) is 3.52. The van der Waals surface area contributed by atoms with Gasteiger partial charge in [-0.15, -0.1) is 0 Å². The van der Waals surface area contributed by atoms with Gasteiger partial charge in [-0.2, -0.15) is 0 Å². The number of hydrogen-bond acceptors (Lipinski definition) is 2. The molecule has 0 fully saturated rings. The number of Topliss-reactive ketones (excluding diaryl/α,β-unsaturated/α-hetero) is 1. The molecule has 0 bridgehead atoms. The quantitative estimate of drug-likeness (QED) is 0.849. The molecule has 1 heterocycles. The smallest absolute Gasteiger partial charge is 0.231 e. The third kappa shape index (κ3) is 2.57. The highest BCUT2D eigenvalue weighted by Crippen LogP contribution is 2.27. The van der Waals surface area contributed by atoms with Crippen LogP contribution in [-0.4, -0.2) is 18.2 Å². The summed E-state index contributed by atoms with van der Waals surface area (Å²) in [6.07, 6.45) is 0.301. The van der Waals surface area contributed by atoms with Crippen molar-refractivity contribution in [3.8, 4) is 0 Å². The molecular formula is C17H14FNO2. The second-order valence-corrected chi connectivity index (χ2v) is 5.00. The van der Waals surface area contributed by atoms with Crippen molar-refractivity contribution >= 4 is 17.4 Å². The third-order valence-corrected chi connectivity index (χ3v) is 3.66. The van der Waals surface area contributed by atoms with Crippen molar-refractivity contribution in [1.29, 1.82) is 0 Å². The highest BCUT2D eigenvalue weighted by atomic mass is 19.1. The van der Waals surface area contributed by atoms with Gasteiger partial charge in [0.1, 0.15) is 5.82 Å². The zero-order valence-electron chi connectivity index (χ0n) is 11.4. The molecule has 3 nitrogen and oxygen atoms in total. The zero-order chi connectivity index (χ0) is 14.8. The number of carbonyl (C=O) groups excluding carboxylic acids is 2. The molecule has 0 spiro atoms. The zero-order valence-corrected chi connectivity index (χ0v) is 11.4. The minimum Gasteiger partial charge on any atom is -0.311 e. The number of fused-ring (bicyclic) bond motifs is 1. The maximum atomic E-state index is 13.7. The van der Waals surface area contributed by atoms with E-state index in [0.29, 0.717) is 29.8 Å². The Morgan fingerprint density at radius 3 is 2.62 bits per heavy atom. The summed E-state index contributed by atoms with van der Waals surface area (Å²) in [6.45, 7) is 0.350. The fourth-order valence-corrected chi connectivity index (χ4v) is 2.57. The summed E-state index contributed by atoms with van der Waals surface area (Å²) in [6, 6.07) is 13.3. The van der Waals surface area contributed by atoms with Crippen molar-refractivity contribution in [3.05, 3.63) is 65.5 Å². The van der Waals surface area contributed by atoms with Crippen LogP contribution in [0.3, 0.4) is 0 Å². The Morgan fingerprint density at radius 2 is 1.81 bits per heavy atom. The monoisotopic (exact) mass is 283 g/mol. The molecule has 0 saturated heterocycles. The van der Waals surface area contributed by atoms with E-state index in [1.807, 2.05) is 0 Å². The number of anilines is 1. The Labute approximate surface area is 122 Å². The van der Waals surface area contributed by atoms with E-state index >= 15 is 0 Å². The fourth-order valence-electron chi connectivity index (χ4n) is 2.57. The van der Waals surface area contributed by atoms with E-state index < -0.39 is 0 Å². The first kappa shape index (κ1) is 13.5. The van der Waals surface area contributed by atoms with Crippen LogP contribution in [0.15, 0.2) is 48.5 Å². The van der Waals surface area contributed by atoms with Gasteiger partial charge in [0.25, 0.3) is 0 Å². The number of amides is 1. The van der Waals surface area contributed by atoms with Crippen LogP contribution in [0.25, 0.3) is 0 Å². The summed E-state index contributed by atoms with van der Waals surface area (Å²) in [4.78, 5) is 25.9. The lowest BCUT2D eigenvalue weighted by molar-refractivity contribution is -0.118. The molecule has 2 aromatic carbocycles. The van der Waals surface area contributed by atoms with Gasteiger partial charge in [-0.1, -0.05) is 30.3 Å². The Bertz CT molecular complexity index is 711. The average Bonchev–Trinajstić information content (AvgIpc) is 2.50. The molecule has 4 heteroatoms. The van der Waals surface area contributed by atoms with Gasteiger partial charge < -0.3 is 4.90 Å². The summed E-state index contributed by atoms with van der Waals surface area (Å²) in [5.74, 6) is -0.534. The van der Waals surface area contributed by atoms with Crippen LogP contribution in [0, 0.1) is 5.82 Å². The van der Waals surface area contributed by atoms with E-state index in [2.05, 4.69) is 0 Å². The maximum absolute atomic E-state index is 13.7. The molecule has 21 heavy (non-hydrogen) atoms. The van der Waals surface area contributed by atoms with Crippen molar-refractivity contribution in [2.45, 2.75) is 12.8 Å². The van der Waals surface area contributed by atoms with Crippen molar-refractivity contribution in [2.75, 3.05) is 11.4 Å². The summed E-state index contributed by atoms with van der Waals surface area (Å²) < 4.78 is 13.7. The van der Waals surface area contributed by atoms with Gasteiger partial charge in [0.05, 0.1) is 12.1 Å². The molecule has 0 saturated carbocycles. The van der Waals surface area contributed by atoms with E-state index in [4.69, 9.17) is 0 Å². The number of ketones is 1. The lowest BCUT2D eigenvalue weighted by atomic mass is 9.99. The first-order chi connectivity index (χ1) is 10.2. The molecule has 1 amide bonds.